The zero-order valence-electron chi connectivity index (χ0n) is 14.0. The number of carbonyl (C=O) groups is 1. The van der Waals surface area contributed by atoms with Gasteiger partial charge >= 0.3 is 6.09 Å². The fourth-order valence-corrected chi connectivity index (χ4v) is 2.03. The molecule has 1 amide bonds. The molecule has 2 aromatic carbocycles. The highest BCUT2D eigenvalue weighted by molar-refractivity contribution is 5.85. The van der Waals surface area contributed by atoms with E-state index in [0.29, 0.717) is 24.5 Å². The second-order valence-corrected chi connectivity index (χ2v) is 5.22. The maximum Gasteiger partial charge on any atom is 0.411 e. The molecule has 136 valence electrons. The van der Waals surface area contributed by atoms with Crippen molar-refractivity contribution in [3.63, 3.8) is 0 Å². The van der Waals surface area contributed by atoms with Crippen molar-refractivity contribution in [3.8, 4) is 5.75 Å². The van der Waals surface area contributed by atoms with Gasteiger partial charge in [0.1, 0.15) is 18.5 Å². The number of hydrogen-bond donors (Lipinski definition) is 3. The van der Waals surface area contributed by atoms with E-state index in [4.69, 9.17) is 4.74 Å². The molecule has 0 radical (unpaired) electrons. The van der Waals surface area contributed by atoms with Crippen molar-refractivity contribution < 1.29 is 19.4 Å². The van der Waals surface area contributed by atoms with Gasteiger partial charge in [0.15, 0.2) is 0 Å². The fourth-order valence-electron chi connectivity index (χ4n) is 2.03. The Labute approximate surface area is 153 Å². The molecule has 1 unspecified atom stereocenters. The molecule has 0 heterocycles. The summed E-state index contributed by atoms with van der Waals surface area (Å²) < 4.78 is 10.0. The van der Waals surface area contributed by atoms with Crippen LogP contribution in [-0.2, 0) is 11.3 Å². The van der Waals surface area contributed by atoms with Crippen molar-refractivity contribution in [2.24, 2.45) is 0 Å². The molecule has 0 bridgehead atoms. The predicted molar refractivity (Wildman–Crippen MR) is 99.4 cm³/mol. The maximum absolute atomic E-state index is 11.1. The number of nitrogens with one attached hydrogen (secondary N) is 2. The van der Waals surface area contributed by atoms with E-state index in [1.165, 1.54) is 12.7 Å². The monoisotopic (exact) mass is 366 g/mol. The van der Waals surface area contributed by atoms with E-state index in [-0.39, 0.29) is 19.0 Å². The number of aliphatic hydroxyl groups is 1. The summed E-state index contributed by atoms with van der Waals surface area (Å²) in [6.45, 7) is 1.33. The first-order valence-electron chi connectivity index (χ1n) is 7.68. The lowest BCUT2D eigenvalue weighted by atomic mass is 10.2. The van der Waals surface area contributed by atoms with Crippen LogP contribution >= 0.6 is 12.4 Å². The molecule has 0 saturated carbocycles. The van der Waals surface area contributed by atoms with E-state index in [0.717, 1.165) is 0 Å². The van der Waals surface area contributed by atoms with Gasteiger partial charge in [0.05, 0.1) is 7.11 Å². The standard InChI is InChI=1S/C18H22N2O4.ClH/c1-23-18(22)20-15-7-9-17(10-8-15)24-13-16(21)12-19-11-14-5-3-2-4-6-14;/h2-10,16,19,21H,11-13H2,1H3,(H,20,22);1H. The number of ether oxygens (including phenoxy) is 2. The summed E-state index contributed by atoms with van der Waals surface area (Å²) >= 11 is 0. The Morgan fingerprint density at radius 3 is 2.44 bits per heavy atom. The Hall–Kier alpha value is -2.28. The summed E-state index contributed by atoms with van der Waals surface area (Å²) in [5, 5.41) is 15.7. The Bertz CT molecular complexity index is 623. The van der Waals surface area contributed by atoms with Gasteiger partial charge in [0, 0.05) is 18.8 Å². The molecule has 0 aliphatic rings. The van der Waals surface area contributed by atoms with E-state index >= 15 is 0 Å². The lowest BCUT2D eigenvalue weighted by Crippen LogP contribution is -2.31. The zero-order valence-corrected chi connectivity index (χ0v) is 14.8. The Morgan fingerprint density at radius 1 is 1.12 bits per heavy atom. The molecule has 0 fully saturated rings. The Balaban J connectivity index is 0.00000312. The molecule has 0 saturated heterocycles. The highest BCUT2D eigenvalue weighted by Gasteiger charge is 2.06. The molecule has 6 nitrogen and oxygen atoms in total. The molecular formula is C18H23ClN2O4. The fraction of sp³-hybridized carbons (Fsp3) is 0.278. The van der Waals surface area contributed by atoms with Crippen molar-refractivity contribution in [2.75, 3.05) is 25.6 Å². The van der Waals surface area contributed by atoms with Crippen LogP contribution in [0.25, 0.3) is 0 Å². The van der Waals surface area contributed by atoms with E-state index in [2.05, 4.69) is 15.4 Å². The lowest BCUT2D eigenvalue weighted by Gasteiger charge is -2.13. The third-order valence-corrected chi connectivity index (χ3v) is 3.28. The number of halogens is 1. The SMILES string of the molecule is COC(=O)Nc1ccc(OCC(O)CNCc2ccccc2)cc1.Cl. The lowest BCUT2D eigenvalue weighted by molar-refractivity contribution is 0.106. The first-order valence-corrected chi connectivity index (χ1v) is 7.68. The normalized spacial score (nSPS) is 11.1. The molecule has 7 heteroatoms. The number of rotatable bonds is 8. The highest BCUT2D eigenvalue weighted by atomic mass is 35.5. The molecule has 2 rings (SSSR count). The molecule has 25 heavy (non-hydrogen) atoms. The van der Waals surface area contributed by atoms with E-state index in [1.54, 1.807) is 24.3 Å². The van der Waals surface area contributed by atoms with E-state index in [9.17, 15) is 9.90 Å². The number of amides is 1. The molecule has 0 aliphatic heterocycles. The van der Waals surface area contributed by atoms with Crippen molar-refractivity contribution in [1.82, 2.24) is 5.32 Å². The Kier molecular flexibility index (Phi) is 9.39. The van der Waals surface area contributed by atoms with Crippen LogP contribution in [0.3, 0.4) is 0 Å². The summed E-state index contributed by atoms with van der Waals surface area (Å²) in [7, 11) is 1.31. The molecular weight excluding hydrogens is 344 g/mol. The zero-order chi connectivity index (χ0) is 17.2. The third-order valence-electron chi connectivity index (χ3n) is 3.28. The van der Waals surface area contributed by atoms with Crippen molar-refractivity contribution in [1.29, 1.82) is 0 Å². The van der Waals surface area contributed by atoms with Crippen molar-refractivity contribution in [3.05, 3.63) is 60.2 Å². The predicted octanol–water partition coefficient (Wildman–Crippen LogP) is 2.82. The van der Waals surface area contributed by atoms with Crippen LogP contribution in [0.2, 0.25) is 0 Å². The minimum atomic E-state index is -0.610. The first kappa shape index (κ1) is 20.8. The van der Waals surface area contributed by atoms with Crippen LogP contribution in [0.4, 0.5) is 10.5 Å². The first-order chi connectivity index (χ1) is 11.7. The van der Waals surface area contributed by atoms with Crippen LogP contribution in [0.5, 0.6) is 5.75 Å². The number of methoxy groups -OCH3 is 1. The number of carbonyl (C=O) groups excluding carboxylic acids is 1. The second-order valence-electron chi connectivity index (χ2n) is 5.22. The Morgan fingerprint density at radius 2 is 1.80 bits per heavy atom. The van der Waals surface area contributed by atoms with Gasteiger partial charge in [-0.05, 0) is 29.8 Å². The number of benzene rings is 2. The van der Waals surface area contributed by atoms with E-state index < -0.39 is 12.2 Å². The van der Waals surface area contributed by atoms with Gasteiger partial charge in [-0.2, -0.15) is 0 Å². The van der Waals surface area contributed by atoms with Gasteiger partial charge in [-0.3, -0.25) is 5.32 Å². The average molecular weight is 367 g/mol. The topological polar surface area (TPSA) is 79.8 Å². The van der Waals surface area contributed by atoms with Gasteiger partial charge in [-0.1, -0.05) is 30.3 Å². The third kappa shape index (κ3) is 7.89. The van der Waals surface area contributed by atoms with Gasteiger partial charge < -0.3 is 19.9 Å². The van der Waals surface area contributed by atoms with Crippen LogP contribution in [0.15, 0.2) is 54.6 Å². The molecule has 3 N–H and O–H groups in total. The molecule has 2 aromatic rings. The maximum atomic E-state index is 11.1. The largest absolute Gasteiger partial charge is 0.491 e. The summed E-state index contributed by atoms with van der Waals surface area (Å²) in [4.78, 5) is 11.1. The van der Waals surface area contributed by atoms with Crippen LogP contribution in [0, 0.1) is 0 Å². The van der Waals surface area contributed by atoms with E-state index in [1.807, 2.05) is 30.3 Å². The molecule has 0 aliphatic carbocycles. The van der Waals surface area contributed by atoms with Crippen LogP contribution in [0.1, 0.15) is 5.56 Å². The molecule has 0 aromatic heterocycles. The highest BCUT2D eigenvalue weighted by Crippen LogP contribution is 2.16. The van der Waals surface area contributed by atoms with Gasteiger partial charge in [-0.15, -0.1) is 12.4 Å². The summed E-state index contributed by atoms with van der Waals surface area (Å²) in [6, 6.07) is 16.8. The smallest absolute Gasteiger partial charge is 0.411 e. The molecule has 1 atom stereocenters. The van der Waals surface area contributed by atoms with Gasteiger partial charge in [-0.25, -0.2) is 4.79 Å². The minimum Gasteiger partial charge on any atom is -0.491 e. The van der Waals surface area contributed by atoms with Crippen molar-refractivity contribution in [2.45, 2.75) is 12.6 Å². The summed E-state index contributed by atoms with van der Waals surface area (Å²) in [5.74, 6) is 0.618. The minimum absolute atomic E-state index is 0. The summed E-state index contributed by atoms with van der Waals surface area (Å²) in [5.41, 5.74) is 1.78. The average Bonchev–Trinajstić information content (AvgIpc) is 2.62. The van der Waals surface area contributed by atoms with Gasteiger partial charge in [0.25, 0.3) is 0 Å². The van der Waals surface area contributed by atoms with Crippen LogP contribution in [-0.4, -0.2) is 37.6 Å². The molecule has 0 spiro atoms. The number of hydrogen-bond acceptors (Lipinski definition) is 5. The van der Waals surface area contributed by atoms with Crippen molar-refractivity contribution >= 4 is 24.2 Å². The van der Waals surface area contributed by atoms with Crippen LogP contribution < -0.4 is 15.4 Å². The quantitative estimate of drug-likeness (QED) is 0.669. The number of anilines is 1. The summed E-state index contributed by atoms with van der Waals surface area (Å²) in [6.07, 6.45) is -1.13. The second kappa shape index (κ2) is 11.3. The van der Waals surface area contributed by atoms with Gasteiger partial charge in [0.2, 0.25) is 0 Å². The number of aliphatic hydroxyl groups excluding tert-OH is 1.